The molecule has 2 N–H and O–H groups in total. The van der Waals surface area contributed by atoms with Crippen LogP contribution in [0.5, 0.6) is 5.75 Å². The van der Waals surface area contributed by atoms with E-state index in [2.05, 4.69) is 4.98 Å². The monoisotopic (exact) mass is 263 g/mol. The highest BCUT2D eigenvalue weighted by Crippen LogP contribution is 2.31. The fourth-order valence-electron chi connectivity index (χ4n) is 1.69. The highest BCUT2D eigenvalue weighted by atomic mass is 32.2. The SMILES string of the molecule is COc1cc(N)ccc1SCCc1nccn1C. The number of benzene rings is 1. The third-order valence-corrected chi connectivity index (χ3v) is 3.75. The first kappa shape index (κ1) is 12.8. The molecule has 0 aliphatic rings. The minimum absolute atomic E-state index is 0.723. The molecular formula is C13H17N3OS. The molecule has 0 spiro atoms. The van der Waals surface area contributed by atoms with Crippen molar-refractivity contribution in [2.45, 2.75) is 11.3 Å². The zero-order valence-electron chi connectivity index (χ0n) is 10.6. The Labute approximate surface area is 111 Å². The minimum Gasteiger partial charge on any atom is -0.496 e. The topological polar surface area (TPSA) is 53.1 Å². The summed E-state index contributed by atoms with van der Waals surface area (Å²) < 4.78 is 7.36. The van der Waals surface area contributed by atoms with Gasteiger partial charge in [-0.3, -0.25) is 0 Å². The summed E-state index contributed by atoms with van der Waals surface area (Å²) in [6, 6.07) is 5.74. The second kappa shape index (κ2) is 5.82. The van der Waals surface area contributed by atoms with Crippen molar-refractivity contribution in [1.29, 1.82) is 0 Å². The maximum atomic E-state index is 5.73. The summed E-state index contributed by atoms with van der Waals surface area (Å²) in [6.07, 6.45) is 4.72. The zero-order chi connectivity index (χ0) is 13.0. The number of rotatable bonds is 5. The number of ether oxygens (including phenoxy) is 1. The summed E-state index contributed by atoms with van der Waals surface area (Å²) in [6.45, 7) is 0. The van der Waals surface area contributed by atoms with Crippen LogP contribution in [-0.4, -0.2) is 22.4 Å². The van der Waals surface area contributed by atoms with Crippen LogP contribution < -0.4 is 10.5 Å². The molecule has 0 amide bonds. The van der Waals surface area contributed by atoms with Gasteiger partial charge in [-0.2, -0.15) is 0 Å². The van der Waals surface area contributed by atoms with Gasteiger partial charge in [0.1, 0.15) is 11.6 Å². The molecule has 2 aromatic rings. The summed E-state index contributed by atoms with van der Waals surface area (Å²) in [5, 5.41) is 0. The fourth-order valence-corrected chi connectivity index (χ4v) is 2.65. The molecule has 18 heavy (non-hydrogen) atoms. The Morgan fingerprint density at radius 1 is 1.44 bits per heavy atom. The molecule has 0 radical (unpaired) electrons. The van der Waals surface area contributed by atoms with Crippen molar-refractivity contribution < 1.29 is 4.74 Å². The first-order valence-corrected chi connectivity index (χ1v) is 6.72. The normalized spacial score (nSPS) is 10.6. The smallest absolute Gasteiger partial charge is 0.134 e. The molecular weight excluding hydrogens is 246 g/mol. The number of aryl methyl sites for hydroxylation is 2. The highest BCUT2D eigenvalue weighted by Gasteiger charge is 2.05. The van der Waals surface area contributed by atoms with Gasteiger partial charge < -0.3 is 15.0 Å². The van der Waals surface area contributed by atoms with Gasteiger partial charge in [0.05, 0.1) is 7.11 Å². The van der Waals surface area contributed by atoms with Crippen LogP contribution in [0, 0.1) is 0 Å². The lowest BCUT2D eigenvalue weighted by Crippen LogP contribution is -1.99. The molecule has 0 bridgehead atoms. The predicted octanol–water partition coefficient (Wildman–Crippen LogP) is 2.35. The van der Waals surface area contributed by atoms with Crippen molar-refractivity contribution in [3.63, 3.8) is 0 Å². The van der Waals surface area contributed by atoms with Gasteiger partial charge in [-0.15, -0.1) is 11.8 Å². The van der Waals surface area contributed by atoms with Crippen LogP contribution in [0.1, 0.15) is 5.82 Å². The number of imidazole rings is 1. The lowest BCUT2D eigenvalue weighted by Gasteiger charge is -2.08. The van der Waals surface area contributed by atoms with Crippen molar-refractivity contribution >= 4 is 17.4 Å². The van der Waals surface area contributed by atoms with E-state index in [4.69, 9.17) is 10.5 Å². The maximum absolute atomic E-state index is 5.73. The molecule has 0 atom stereocenters. The molecule has 0 unspecified atom stereocenters. The number of anilines is 1. The van der Waals surface area contributed by atoms with E-state index in [0.717, 1.165) is 34.3 Å². The Morgan fingerprint density at radius 2 is 2.28 bits per heavy atom. The van der Waals surface area contributed by atoms with E-state index in [1.165, 1.54) is 0 Å². The van der Waals surface area contributed by atoms with E-state index in [1.54, 1.807) is 18.9 Å². The molecule has 1 heterocycles. The highest BCUT2D eigenvalue weighted by molar-refractivity contribution is 7.99. The number of thioether (sulfide) groups is 1. The van der Waals surface area contributed by atoms with E-state index in [9.17, 15) is 0 Å². The third kappa shape index (κ3) is 2.98. The van der Waals surface area contributed by atoms with E-state index >= 15 is 0 Å². The van der Waals surface area contributed by atoms with Crippen LogP contribution in [0.15, 0.2) is 35.5 Å². The lowest BCUT2D eigenvalue weighted by molar-refractivity contribution is 0.405. The van der Waals surface area contributed by atoms with Crippen LogP contribution in [-0.2, 0) is 13.5 Å². The average molecular weight is 263 g/mol. The molecule has 1 aromatic carbocycles. The number of hydrogen-bond donors (Lipinski definition) is 1. The zero-order valence-corrected chi connectivity index (χ0v) is 11.4. The Kier molecular flexibility index (Phi) is 4.15. The molecule has 1 aromatic heterocycles. The Morgan fingerprint density at radius 3 is 2.94 bits per heavy atom. The molecule has 2 rings (SSSR count). The van der Waals surface area contributed by atoms with Gasteiger partial charge in [0.15, 0.2) is 0 Å². The van der Waals surface area contributed by atoms with E-state index in [-0.39, 0.29) is 0 Å². The van der Waals surface area contributed by atoms with Crippen LogP contribution >= 0.6 is 11.8 Å². The van der Waals surface area contributed by atoms with E-state index < -0.39 is 0 Å². The number of methoxy groups -OCH3 is 1. The molecule has 0 saturated carbocycles. The number of nitrogen functional groups attached to an aromatic ring is 1. The second-order valence-electron chi connectivity index (χ2n) is 3.96. The quantitative estimate of drug-likeness (QED) is 0.664. The second-order valence-corrected chi connectivity index (χ2v) is 5.10. The summed E-state index contributed by atoms with van der Waals surface area (Å²) in [7, 11) is 3.67. The summed E-state index contributed by atoms with van der Waals surface area (Å²) >= 11 is 1.75. The average Bonchev–Trinajstić information content (AvgIpc) is 2.77. The first-order chi connectivity index (χ1) is 8.70. The van der Waals surface area contributed by atoms with Crippen LogP contribution in [0.25, 0.3) is 0 Å². The third-order valence-electron chi connectivity index (χ3n) is 2.69. The lowest BCUT2D eigenvalue weighted by atomic mass is 10.3. The van der Waals surface area contributed by atoms with Crippen molar-refractivity contribution in [3.8, 4) is 5.75 Å². The van der Waals surface area contributed by atoms with Gasteiger partial charge in [0.25, 0.3) is 0 Å². The maximum Gasteiger partial charge on any atom is 0.134 e. The van der Waals surface area contributed by atoms with Crippen LogP contribution in [0.3, 0.4) is 0 Å². The summed E-state index contributed by atoms with van der Waals surface area (Å²) in [4.78, 5) is 5.41. The number of aromatic nitrogens is 2. The largest absolute Gasteiger partial charge is 0.496 e. The van der Waals surface area contributed by atoms with Gasteiger partial charge in [-0.05, 0) is 12.1 Å². The Hall–Kier alpha value is -1.62. The molecule has 96 valence electrons. The standard InChI is InChI=1S/C13H17N3OS/c1-16-7-6-15-13(16)5-8-18-12-4-3-10(14)9-11(12)17-2/h3-4,6-7,9H,5,8,14H2,1-2H3. The first-order valence-electron chi connectivity index (χ1n) is 5.73. The van der Waals surface area contributed by atoms with Gasteiger partial charge in [0.2, 0.25) is 0 Å². The van der Waals surface area contributed by atoms with Crippen molar-refractivity contribution in [3.05, 3.63) is 36.4 Å². The van der Waals surface area contributed by atoms with Crippen LogP contribution in [0.2, 0.25) is 0 Å². The van der Waals surface area contributed by atoms with Gasteiger partial charge >= 0.3 is 0 Å². The van der Waals surface area contributed by atoms with Gasteiger partial charge in [-0.25, -0.2) is 4.98 Å². The molecule has 4 nitrogen and oxygen atoms in total. The molecule has 0 fully saturated rings. The summed E-state index contributed by atoms with van der Waals surface area (Å²) in [5.74, 6) is 2.89. The number of hydrogen-bond acceptors (Lipinski definition) is 4. The minimum atomic E-state index is 0.723. The van der Waals surface area contributed by atoms with Gasteiger partial charge in [0, 0.05) is 48.3 Å². The fraction of sp³-hybridized carbons (Fsp3) is 0.308. The summed E-state index contributed by atoms with van der Waals surface area (Å²) in [5.41, 5.74) is 6.45. The molecule has 5 heteroatoms. The molecule has 0 aliphatic heterocycles. The van der Waals surface area contributed by atoms with E-state index in [1.807, 2.05) is 42.2 Å². The van der Waals surface area contributed by atoms with Gasteiger partial charge in [-0.1, -0.05) is 0 Å². The predicted molar refractivity (Wildman–Crippen MR) is 75.0 cm³/mol. The number of nitrogens with two attached hydrogens (primary N) is 1. The molecule has 0 aliphatic carbocycles. The van der Waals surface area contributed by atoms with Crippen molar-refractivity contribution in [1.82, 2.24) is 9.55 Å². The number of nitrogens with zero attached hydrogens (tertiary/aromatic N) is 2. The Balaban J connectivity index is 1.96. The molecule has 0 saturated heterocycles. The Bertz CT molecular complexity index is 525. The van der Waals surface area contributed by atoms with Crippen molar-refractivity contribution in [2.24, 2.45) is 7.05 Å². The van der Waals surface area contributed by atoms with E-state index in [0.29, 0.717) is 0 Å². The van der Waals surface area contributed by atoms with Crippen LogP contribution in [0.4, 0.5) is 5.69 Å². The van der Waals surface area contributed by atoms with Crippen molar-refractivity contribution in [2.75, 3.05) is 18.6 Å².